The van der Waals surface area contributed by atoms with Crippen molar-refractivity contribution in [2.75, 3.05) is 39.3 Å². The van der Waals surface area contributed by atoms with E-state index in [0.717, 1.165) is 19.3 Å². The first-order valence-electron chi connectivity index (χ1n) is 7.50. The lowest BCUT2D eigenvalue weighted by molar-refractivity contribution is -0.485. The molecule has 0 atom stereocenters. The Morgan fingerprint density at radius 1 is 0.870 bits per heavy atom. The fourth-order valence-electron chi connectivity index (χ4n) is 2.61. The number of unbranched alkanes of at least 4 members (excludes halogenated alkanes) is 2. The minimum Gasteiger partial charge on any atom is -0.349 e. The summed E-state index contributed by atoms with van der Waals surface area (Å²) in [4.78, 5) is 24.5. The molecule has 0 saturated carbocycles. The van der Waals surface area contributed by atoms with E-state index in [-0.39, 0.29) is 0 Å². The van der Waals surface area contributed by atoms with Crippen molar-refractivity contribution in [2.45, 2.75) is 19.3 Å². The molecule has 2 fully saturated rings. The number of nitro groups is 2. The van der Waals surface area contributed by atoms with Crippen molar-refractivity contribution in [3.05, 3.63) is 20.2 Å². The molecule has 12 nitrogen and oxygen atoms in total. The smallest absolute Gasteiger partial charge is 0.271 e. The van der Waals surface area contributed by atoms with E-state index in [4.69, 9.17) is 0 Å². The molecular formula is C11H20N8O4. The maximum absolute atomic E-state index is 10.4. The molecule has 2 aliphatic heterocycles. The van der Waals surface area contributed by atoms with Crippen LogP contribution in [0.3, 0.4) is 0 Å². The van der Waals surface area contributed by atoms with E-state index in [1.807, 2.05) is 9.80 Å². The summed E-state index contributed by atoms with van der Waals surface area (Å²) in [6.45, 7) is 4.14. The van der Waals surface area contributed by atoms with Crippen molar-refractivity contribution in [2.24, 2.45) is 10.2 Å². The lowest BCUT2D eigenvalue weighted by Crippen LogP contribution is -2.33. The summed E-state index contributed by atoms with van der Waals surface area (Å²) in [7, 11) is 0. The van der Waals surface area contributed by atoms with Crippen LogP contribution in [-0.2, 0) is 0 Å². The highest BCUT2D eigenvalue weighted by Gasteiger charge is 2.22. The number of hydrogen-bond donors (Lipinski definition) is 2. The average Bonchev–Trinajstić information content (AvgIpc) is 3.07. The standard InChI is InChI=1S/C11H20N8O4/c20-18(21)14-10-12-4-8-16(10)6-2-1-3-7-17-9-5-13-11(17)15-19(22)23/h1-9H2,(H,12,14)(H,13,15). The third-order valence-electron chi connectivity index (χ3n) is 3.64. The van der Waals surface area contributed by atoms with Crippen molar-refractivity contribution in [1.82, 2.24) is 20.4 Å². The van der Waals surface area contributed by atoms with Crippen LogP contribution in [0.25, 0.3) is 0 Å². The Balaban J connectivity index is 1.66. The quantitative estimate of drug-likeness (QED) is 0.330. The summed E-state index contributed by atoms with van der Waals surface area (Å²) in [5.41, 5.74) is 0. The molecule has 0 radical (unpaired) electrons. The Morgan fingerprint density at radius 3 is 1.70 bits per heavy atom. The van der Waals surface area contributed by atoms with Crippen molar-refractivity contribution in [1.29, 1.82) is 0 Å². The molecule has 0 unspecified atom stereocenters. The Kier molecular flexibility index (Phi) is 5.88. The van der Waals surface area contributed by atoms with Gasteiger partial charge in [-0.1, -0.05) is 0 Å². The summed E-state index contributed by atoms with van der Waals surface area (Å²) < 4.78 is 0. The fourth-order valence-corrected chi connectivity index (χ4v) is 2.61. The van der Waals surface area contributed by atoms with Gasteiger partial charge in [0.05, 0.1) is 0 Å². The molecule has 2 aliphatic rings. The summed E-state index contributed by atoms with van der Waals surface area (Å²) in [6, 6.07) is 0. The van der Waals surface area contributed by atoms with Crippen molar-refractivity contribution >= 4 is 11.9 Å². The molecule has 0 aromatic carbocycles. The second-order valence-electron chi connectivity index (χ2n) is 5.21. The van der Waals surface area contributed by atoms with Crippen molar-refractivity contribution in [3.63, 3.8) is 0 Å². The molecule has 0 aromatic rings. The maximum atomic E-state index is 10.4. The fraction of sp³-hybridized carbons (Fsp3) is 0.818. The molecule has 128 valence electrons. The topological polar surface area (TPSA) is 142 Å². The first kappa shape index (κ1) is 16.7. The van der Waals surface area contributed by atoms with Crippen molar-refractivity contribution < 1.29 is 10.1 Å². The third-order valence-corrected chi connectivity index (χ3v) is 3.64. The van der Waals surface area contributed by atoms with Crippen LogP contribution < -0.4 is 10.6 Å². The van der Waals surface area contributed by atoms with E-state index < -0.39 is 10.1 Å². The SMILES string of the molecule is O=[N+]([O-])N=C1NCCN1CCCCCN1CCNC1=N[N+](=O)[O-]. The first-order chi connectivity index (χ1) is 11.1. The van der Waals surface area contributed by atoms with Crippen LogP contribution in [0.5, 0.6) is 0 Å². The molecule has 0 spiro atoms. The molecule has 0 aliphatic carbocycles. The Morgan fingerprint density at radius 2 is 1.30 bits per heavy atom. The predicted molar refractivity (Wildman–Crippen MR) is 81.9 cm³/mol. The number of guanidine groups is 2. The van der Waals surface area contributed by atoms with E-state index >= 15 is 0 Å². The number of hydrogen-bond acceptors (Lipinski definition) is 4. The Hall–Kier alpha value is -2.66. The normalized spacial score (nSPS) is 20.9. The predicted octanol–water partition coefficient (Wildman–Crippen LogP) is -0.937. The molecule has 0 amide bonds. The summed E-state index contributed by atoms with van der Waals surface area (Å²) >= 11 is 0. The lowest BCUT2D eigenvalue weighted by atomic mass is 10.2. The van der Waals surface area contributed by atoms with Crippen LogP contribution >= 0.6 is 0 Å². The zero-order valence-electron chi connectivity index (χ0n) is 12.7. The molecule has 0 aromatic heterocycles. The molecule has 23 heavy (non-hydrogen) atoms. The second-order valence-corrected chi connectivity index (χ2v) is 5.21. The molecule has 12 heteroatoms. The molecule has 2 saturated heterocycles. The highest BCUT2D eigenvalue weighted by atomic mass is 16.7. The average molecular weight is 328 g/mol. The lowest BCUT2D eigenvalue weighted by Gasteiger charge is -2.17. The minimum atomic E-state index is -0.697. The number of hydrazone groups is 2. The van der Waals surface area contributed by atoms with Gasteiger partial charge in [-0.15, -0.1) is 0 Å². The highest BCUT2D eigenvalue weighted by Crippen LogP contribution is 2.06. The Bertz CT molecular complexity index is 464. The van der Waals surface area contributed by atoms with Crippen LogP contribution in [0, 0.1) is 20.2 Å². The molecular weight excluding hydrogens is 308 g/mol. The summed E-state index contributed by atoms with van der Waals surface area (Å²) in [6.07, 6.45) is 2.67. The van der Waals surface area contributed by atoms with Gasteiger partial charge in [0.15, 0.2) is 10.1 Å². The van der Waals surface area contributed by atoms with E-state index in [2.05, 4.69) is 20.8 Å². The van der Waals surface area contributed by atoms with Gasteiger partial charge in [-0.3, -0.25) is 0 Å². The molecule has 2 N–H and O–H groups in total. The number of nitrogens with zero attached hydrogens (tertiary/aromatic N) is 6. The highest BCUT2D eigenvalue weighted by molar-refractivity contribution is 5.81. The van der Waals surface area contributed by atoms with Crippen LogP contribution in [0.1, 0.15) is 19.3 Å². The van der Waals surface area contributed by atoms with Gasteiger partial charge in [-0.25, -0.2) is 20.2 Å². The third kappa shape index (κ3) is 5.23. The van der Waals surface area contributed by atoms with Gasteiger partial charge in [0.25, 0.3) is 11.9 Å². The number of nitrogens with one attached hydrogen (secondary N) is 2. The minimum absolute atomic E-state index is 0.319. The van der Waals surface area contributed by atoms with Gasteiger partial charge in [0, 0.05) is 39.3 Å². The summed E-state index contributed by atoms with van der Waals surface area (Å²) in [5.74, 6) is 0.637. The van der Waals surface area contributed by atoms with E-state index in [0.29, 0.717) is 51.2 Å². The second kappa shape index (κ2) is 8.10. The largest absolute Gasteiger partial charge is 0.349 e. The molecule has 2 heterocycles. The van der Waals surface area contributed by atoms with Crippen LogP contribution in [-0.4, -0.2) is 71.1 Å². The van der Waals surface area contributed by atoms with Crippen molar-refractivity contribution in [3.8, 4) is 0 Å². The Labute approximate surface area is 132 Å². The number of rotatable bonds is 8. The van der Waals surface area contributed by atoms with Gasteiger partial charge < -0.3 is 20.4 Å². The summed E-state index contributed by atoms with van der Waals surface area (Å²) in [5, 5.41) is 31.8. The van der Waals surface area contributed by atoms with Gasteiger partial charge in [0.1, 0.15) is 10.2 Å². The molecule has 2 rings (SSSR count). The molecule has 0 bridgehead atoms. The van der Waals surface area contributed by atoms with Crippen LogP contribution in [0.15, 0.2) is 10.2 Å². The van der Waals surface area contributed by atoms with Crippen LogP contribution in [0.2, 0.25) is 0 Å². The van der Waals surface area contributed by atoms with Gasteiger partial charge in [-0.2, -0.15) is 0 Å². The van der Waals surface area contributed by atoms with Crippen LogP contribution in [0.4, 0.5) is 0 Å². The van der Waals surface area contributed by atoms with Gasteiger partial charge in [0.2, 0.25) is 0 Å². The zero-order chi connectivity index (χ0) is 16.7. The monoisotopic (exact) mass is 328 g/mol. The maximum Gasteiger partial charge on any atom is 0.271 e. The van der Waals surface area contributed by atoms with E-state index in [9.17, 15) is 20.2 Å². The van der Waals surface area contributed by atoms with Gasteiger partial charge in [-0.05, 0) is 19.3 Å². The zero-order valence-corrected chi connectivity index (χ0v) is 12.7. The van der Waals surface area contributed by atoms with Gasteiger partial charge >= 0.3 is 0 Å². The first-order valence-corrected chi connectivity index (χ1v) is 7.50. The van der Waals surface area contributed by atoms with E-state index in [1.54, 1.807) is 0 Å². The van der Waals surface area contributed by atoms with E-state index in [1.165, 1.54) is 0 Å².